The third-order valence-electron chi connectivity index (χ3n) is 3.35. The molecule has 22 heavy (non-hydrogen) atoms. The Balaban J connectivity index is 2.57. The van der Waals surface area contributed by atoms with Crippen molar-refractivity contribution in [2.75, 3.05) is 0 Å². The van der Waals surface area contributed by atoms with E-state index in [0.29, 0.717) is 23.4 Å². The minimum absolute atomic E-state index is 0.0220. The van der Waals surface area contributed by atoms with Crippen LogP contribution in [0.5, 0.6) is 5.88 Å². The number of nitrogens with zero attached hydrogens (tertiary/aromatic N) is 3. The van der Waals surface area contributed by atoms with E-state index in [2.05, 4.69) is 15.1 Å². The highest BCUT2D eigenvalue weighted by atomic mass is 16.6. The first-order chi connectivity index (χ1) is 10.6. The number of hydrogen-bond donors (Lipinski definition) is 2. The fraction of sp³-hybridized carbons (Fsp3) is 0.267. The molecule has 2 rings (SSSR count). The van der Waals surface area contributed by atoms with Gasteiger partial charge in [0.2, 0.25) is 0 Å². The summed E-state index contributed by atoms with van der Waals surface area (Å²) in [6.07, 6.45) is 0. The molecule has 0 saturated carbocycles. The normalized spacial score (nSPS) is 11.2. The van der Waals surface area contributed by atoms with Gasteiger partial charge in [-0.3, -0.25) is 14.2 Å². The molecular formula is C15H18N4O3. The van der Waals surface area contributed by atoms with E-state index < -0.39 is 5.56 Å². The molecule has 0 aliphatic rings. The van der Waals surface area contributed by atoms with Crippen LogP contribution in [0.3, 0.4) is 0 Å². The summed E-state index contributed by atoms with van der Waals surface area (Å²) < 4.78 is 1.21. The number of azo groups is 1. The zero-order valence-electron chi connectivity index (χ0n) is 12.5. The summed E-state index contributed by atoms with van der Waals surface area (Å²) in [4.78, 5) is 17.0. The number of hydrogen-bond acceptors (Lipinski definition) is 6. The third-order valence-corrected chi connectivity index (χ3v) is 3.35. The largest absolute Gasteiger partial charge is 0.494 e. The second-order valence-electron chi connectivity index (χ2n) is 4.67. The highest BCUT2D eigenvalue weighted by molar-refractivity contribution is 5.51. The van der Waals surface area contributed by atoms with Gasteiger partial charge in [0.25, 0.3) is 5.56 Å². The summed E-state index contributed by atoms with van der Waals surface area (Å²) in [5.74, 6) is 4.93. The van der Waals surface area contributed by atoms with Crippen LogP contribution in [0.4, 0.5) is 11.4 Å². The van der Waals surface area contributed by atoms with Crippen LogP contribution in [0.15, 0.2) is 45.4 Å². The number of benzene rings is 1. The standard InChI is InChI=1S/C15H18N4O3/c1-3-19-14(20)12(9-22-16)10(2)13(15(19)21)18-17-11-7-5-4-6-8-11/h4-8,20H,3,9,16H2,1-2H3. The van der Waals surface area contributed by atoms with Gasteiger partial charge in [-0.15, -0.1) is 5.11 Å². The van der Waals surface area contributed by atoms with Gasteiger partial charge >= 0.3 is 0 Å². The molecule has 116 valence electrons. The summed E-state index contributed by atoms with van der Waals surface area (Å²) in [5.41, 5.74) is 1.31. The lowest BCUT2D eigenvalue weighted by Gasteiger charge is -2.14. The number of aromatic nitrogens is 1. The number of aromatic hydroxyl groups is 1. The van der Waals surface area contributed by atoms with Gasteiger partial charge < -0.3 is 5.11 Å². The number of rotatable bonds is 5. The molecule has 0 bridgehead atoms. The molecule has 2 aromatic rings. The fourth-order valence-electron chi connectivity index (χ4n) is 2.13. The van der Waals surface area contributed by atoms with Crippen molar-refractivity contribution in [2.45, 2.75) is 27.0 Å². The van der Waals surface area contributed by atoms with Gasteiger partial charge in [0, 0.05) is 12.1 Å². The molecule has 7 nitrogen and oxygen atoms in total. The molecule has 0 fully saturated rings. The fourth-order valence-corrected chi connectivity index (χ4v) is 2.13. The van der Waals surface area contributed by atoms with E-state index in [1.165, 1.54) is 4.57 Å². The average molecular weight is 302 g/mol. The van der Waals surface area contributed by atoms with E-state index in [1.54, 1.807) is 26.0 Å². The van der Waals surface area contributed by atoms with Crippen molar-refractivity contribution >= 4 is 11.4 Å². The highest BCUT2D eigenvalue weighted by Gasteiger charge is 2.18. The van der Waals surface area contributed by atoms with Crippen molar-refractivity contribution in [3.8, 4) is 5.88 Å². The van der Waals surface area contributed by atoms with Gasteiger partial charge in [-0.25, -0.2) is 5.90 Å². The third kappa shape index (κ3) is 3.05. The van der Waals surface area contributed by atoms with Crippen LogP contribution in [0, 0.1) is 6.92 Å². The Hall–Kier alpha value is -2.51. The van der Waals surface area contributed by atoms with Gasteiger partial charge in [0.05, 0.1) is 12.3 Å². The van der Waals surface area contributed by atoms with Crippen LogP contribution in [-0.2, 0) is 18.0 Å². The lowest BCUT2D eigenvalue weighted by Crippen LogP contribution is -2.22. The van der Waals surface area contributed by atoms with Crippen LogP contribution in [-0.4, -0.2) is 9.67 Å². The van der Waals surface area contributed by atoms with E-state index in [-0.39, 0.29) is 18.2 Å². The quantitative estimate of drug-likeness (QED) is 0.654. The smallest absolute Gasteiger partial charge is 0.281 e. The van der Waals surface area contributed by atoms with E-state index in [4.69, 9.17) is 5.90 Å². The SMILES string of the molecule is CCn1c(O)c(CON)c(C)c(N=Nc2ccccc2)c1=O. The highest BCUT2D eigenvalue weighted by Crippen LogP contribution is 2.27. The first kappa shape index (κ1) is 15.9. The Morgan fingerprint density at radius 1 is 1.27 bits per heavy atom. The topological polar surface area (TPSA) is 102 Å². The Morgan fingerprint density at radius 2 is 1.95 bits per heavy atom. The predicted molar refractivity (Wildman–Crippen MR) is 82.4 cm³/mol. The molecule has 1 aromatic heterocycles. The molecule has 0 saturated heterocycles. The predicted octanol–water partition coefficient (Wildman–Crippen LogP) is 2.69. The van der Waals surface area contributed by atoms with Crippen molar-refractivity contribution in [3.05, 3.63) is 51.8 Å². The van der Waals surface area contributed by atoms with Crippen LogP contribution in [0.1, 0.15) is 18.1 Å². The summed E-state index contributed by atoms with van der Waals surface area (Å²) in [6, 6.07) is 9.08. The lowest BCUT2D eigenvalue weighted by molar-refractivity contribution is 0.120. The van der Waals surface area contributed by atoms with Crippen LogP contribution in [0.2, 0.25) is 0 Å². The van der Waals surface area contributed by atoms with E-state index in [1.807, 2.05) is 18.2 Å². The van der Waals surface area contributed by atoms with Crippen molar-refractivity contribution in [3.63, 3.8) is 0 Å². The molecule has 0 unspecified atom stereocenters. The van der Waals surface area contributed by atoms with Gasteiger partial charge in [-0.2, -0.15) is 5.11 Å². The van der Waals surface area contributed by atoms with Crippen LogP contribution >= 0.6 is 0 Å². The van der Waals surface area contributed by atoms with Gasteiger partial charge in [-0.05, 0) is 31.5 Å². The minimum Gasteiger partial charge on any atom is -0.494 e. The van der Waals surface area contributed by atoms with E-state index in [9.17, 15) is 9.90 Å². The summed E-state index contributed by atoms with van der Waals surface area (Å²) in [5, 5.41) is 18.3. The second-order valence-corrected chi connectivity index (χ2v) is 4.67. The molecule has 1 heterocycles. The molecule has 0 radical (unpaired) electrons. The monoisotopic (exact) mass is 302 g/mol. The summed E-state index contributed by atoms with van der Waals surface area (Å²) in [7, 11) is 0. The molecule has 0 atom stereocenters. The van der Waals surface area contributed by atoms with Crippen molar-refractivity contribution in [1.82, 2.24) is 4.57 Å². The zero-order valence-corrected chi connectivity index (χ0v) is 12.5. The Morgan fingerprint density at radius 3 is 2.55 bits per heavy atom. The number of nitrogens with two attached hydrogens (primary N) is 1. The molecule has 0 aliphatic carbocycles. The first-order valence-corrected chi connectivity index (χ1v) is 6.83. The molecule has 1 aromatic carbocycles. The Labute approximate surface area is 127 Å². The molecular weight excluding hydrogens is 284 g/mol. The molecule has 0 spiro atoms. The molecule has 3 N–H and O–H groups in total. The minimum atomic E-state index is -0.405. The zero-order chi connectivity index (χ0) is 16.1. The van der Waals surface area contributed by atoms with Crippen molar-refractivity contribution < 1.29 is 9.94 Å². The van der Waals surface area contributed by atoms with Crippen LogP contribution < -0.4 is 11.5 Å². The summed E-state index contributed by atoms with van der Waals surface area (Å²) in [6.45, 7) is 3.71. The van der Waals surface area contributed by atoms with Gasteiger partial charge in [0.1, 0.15) is 0 Å². The molecule has 0 amide bonds. The Kier molecular flexibility index (Phi) is 5.03. The van der Waals surface area contributed by atoms with Crippen molar-refractivity contribution in [1.29, 1.82) is 0 Å². The van der Waals surface area contributed by atoms with Crippen molar-refractivity contribution in [2.24, 2.45) is 16.1 Å². The van der Waals surface area contributed by atoms with E-state index in [0.717, 1.165) is 0 Å². The first-order valence-electron chi connectivity index (χ1n) is 6.83. The Bertz CT molecular complexity index is 739. The maximum Gasteiger partial charge on any atom is 0.281 e. The van der Waals surface area contributed by atoms with Gasteiger partial charge in [-0.1, -0.05) is 18.2 Å². The maximum absolute atomic E-state index is 12.4. The van der Waals surface area contributed by atoms with Gasteiger partial charge in [0.15, 0.2) is 11.6 Å². The average Bonchev–Trinajstić information content (AvgIpc) is 2.53. The lowest BCUT2D eigenvalue weighted by atomic mass is 10.1. The molecule has 0 aliphatic heterocycles. The van der Waals surface area contributed by atoms with Crippen LogP contribution in [0.25, 0.3) is 0 Å². The second kappa shape index (κ2) is 6.97. The summed E-state index contributed by atoms with van der Waals surface area (Å²) >= 11 is 0. The maximum atomic E-state index is 12.4. The number of pyridine rings is 1. The molecule has 7 heteroatoms. The van der Waals surface area contributed by atoms with E-state index >= 15 is 0 Å².